The summed E-state index contributed by atoms with van der Waals surface area (Å²) in [6.07, 6.45) is 7.42. The van der Waals surface area contributed by atoms with Crippen molar-refractivity contribution in [3.05, 3.63) is 41.6 Å². The molecule has 1 saturated heterocycles. The minimum absolute atomic E-state index is 0.0327. The molecule has 4 rings (SSSR count). The van der Waals surface area contributed by atoms with Crippen molar-refractivity contribution in [2.24, 2.45) is 4.99 Å². The minimum Gasteiger partial charge on any atom is -0.444 e. The van der Waals surface area contributed by atoms with Crippen molar-refractivity contribution in [1.82, 2.24) is 14.7 Å². The molecular weight excluding hydrogens is 480 g/mol. The number of ether oxygens (including phenoxy) is 1. The SMILES string of the molecule is CN1C=C(C(=O)N(C2CC2)C2CCN(C(=O)OC(C)(C)C)CC2)C=NC1c1ccc(S(C)(=O)=O)cc1. The largest absolute Gasteiger partial charge is 0.444 e. The number of piperidine rings is 1. The van der Waals surface area contributed by atoms with Crippen molar-refractivity contribution < 1.29 is 22.7 Å². The van der Waals surface area contributed by atoms with Gasteiger partial charge in [0.25, 0.3) is 5.91 Å². The number of carbonyl (C=O) groups excluding carboxylic acids is 2. The molecule has 9 nitrogen and oxygen atoms in total. The number of likely N-dealkylation sites (tertiary alicyclic amines) is 1. The van der Waals surface area contributed by atoms with E-state index in [1.807, 2.05) is 43.8 Å². The fourth-order valence-electron chi connectivity index (χ4n) is 4.68. The van der Waals surface area contributed by atoms with Crippen LogP contribution in [0, 0.1) is 0 Å². The lowest BCUT2D eigenvalue weighted by atomic mass is 10.0. The van der Waals surface area contributed by atoms with Gasteiger partial charge in [0, 0.05) is 50.9 Å². The Morgan fingerprint density at radius 2 is 1.61 bits per heavy atom. The molecule has 0 spiro atoms. The number of amides is 2. The van der Waals surface area contributed by atoms with E-state index in [0.29, 0.717) is 18.7 Å². The van der Waals surface area contributed by atoms with E-state index in [9.17, 15) is 18.0 Å². The lowest BCUT2D eigenvalue weighted by molar-refractivity contribution is -0.130. The van der Waals surface area contributed by atoms with Crippen LogP contribution in [0.25, 0.3) is 0 Å². The number of nitrogens with zero attached hydrogens (tertiary/aromatic N) is 4. The number of hydrogen-bond acceptors (Lipinski definition) is 7. The normalized spacial score (nSPS) is 21.2. The van der Waals surface area contributed by atoms with Crippen LogP contribution in [0.2, 0.25) is 0 Å². The highest BCUT2D eigenvalue weighted by atomic mass is 32.2. The molecule has 196 valence electrons. The van der Waals surface area contributed by atoms with Gasteiger partial charge in [-0.1, -0.05) is 12.1 Å². The molecule has 0 bridgehead atoms. The van der Waals surface area contributed by atoms with E-state index in [1.54, 1.807) is 35.4 Å². The average Bonchev–Trinajstić information content (AvgIpc) is 3.63. The van der Waals surface area contributed by atoms with Gasteiger partial charge in [0.15, 0.2) is 9.84 Å². The fourth-order valence-corrected chi connectivity index (χ4v) is 5.31. The Morgan fingerprint density at radius 1 is 1.03 bits per heavy atom. The van der Waals surface area contributed by atoms with Crippen molar-refractivity contribution >= 4 is 28.1 Å². The Kier molecular flexibility index (Phi) is 7.19. The first-order chi connectivity index (χ1) is 16.8. The molecule has 0 N–H and O–H groups in total. The van der Waals surface area contributed by atoms with Crippen molar-refractivity contribution in [1.29, 1.82) is 0 Å². The van der Waals surface area contributed by atoms with Crippen LogP contribution in [0.1, 0.15) is 58.2 Å². The maximum Gasteiger partial charge on any atom is 0.410 e. The third kappa shape index (κ3) is 6.08. The zero-order chi connectivity index (χ0) is 26.3. The summed E-state index contributed by atoms with van der Waals surface area (Å²) in [5.41, 5.74) is 0.844. The molecule has 36 heavy (non-hydrogen) atoms. The van der Waals surface area contributed by atoms with E-state index >= 15 is 0 Å². The van der Waals surface area contributed by atoms with Crippen LogP contribution >= 0.6 is 0 Å². The molecule has 3 aliphatic rings. The lowest BCUT2D eigenvalue weighted by Crippen LogP contribution is -2.51. The highest BCUT2D eigenvalue weighted by molar-refractivity contribution is 7.90. The summed E-state index contributed by atoms with van der Waals surface area (Å²) in [6.45, 7) is 6.70. The molecule has 1 aromatic carbocycles. The summed E-state index contributed by atoms with van der Waals surface area (Å²) in [4.78, 5) is 36.5. The monoisotopic (exact) mass is 516 g/mol. The Bertz CT molecular complexity index is 1160. The van der Waals surface area contributed by atoms with Crippen LogP contribution < -0.4 is 0 Å². The molecular formula is C26H36N4O5S. The van der Waals surface area contributed by atoms with Gasteiger partial charge in [0.1, 0.15) is 11.8 Å². The average molecular weight is 517 g/mol. The van der Waals surface area contributed by atoms with Crippen molar-refractivity contribution in [3.63, 3.8) is 0 Å². The van der Waals surface area contributed by atoms with E-state index in [0.717, 1.165) is 31.2 Å². The van der Waals surface area contributed by atoms with Gasteiger partial charge in [-0.25, -0.2) is 13.2 Å². The molecule has 2 amide bonds. The van der Waals surface area contributed by atoms with Gasteiger partial charge in [-0.3, -0.25) is 9.79 Å². The molecule has 0 aromatic heterocycles. The molecule has 10 heteroatoms. The minimum atomic E-state index is -3.27. The van der Waals surface area contributed by atoms with Crippen LogP contribution in [-0.2, 0) is 19.4 Å². The van der Waals surface area contributed by atoms with Crippen LogP contribution in [0.4, 0.5) is 4.79 Å². The van der Waals surface area contributed by atoms with Gasteiger partial charge in [-0.05, 0) is 64.2 Å². The number of carbonyl (C=O) groups is 2. The number of hydrogen-bond donors (Lipinski definition) is 0. The highest BCUT2D eigenvalue weighted by Gasteiger charge is 2.40. The third-order valence-electron chi connectivity index (χ3n) is 6.62. The van der Waals surface area contributed by atoms with Crippen molar-refractivity contribution in [2.45, 2.75) is 75.2 Å². The fraction of sp³-hybridized carbons (Fsp3) is 0.577. The Morgan fingerprint density at radius 3 is 2.11 bits per heavy atom. The first kappa shape index (κ1) is 26.2. The van der Waals surface area contributed by atoms with E-state index in [2.05, 4.69) is 4.99 Å². The quantitative estimate of drug-likeness (QED) is 0.595. The third-order valence-corrected chi connectivity index (χ3v) is 7.75. The maximum absolute atomic E-state index is 13.6. The number of benzene rings is 1. The summed E-state index contributed by atoms with van der Waals surface area (Å²) in [7, 11) is -1.40. The van der Waals surface area contributed by atoms with Crippen LogP contribution in [-0.4, -0.2) is 85.4 Å². The van der Waals surface area contributed by atoms with Gasteiger partial charge >= 0.3 is 6.09 Å². The molecule has 2 fully saturated rings. The zero-order valence-electron chi connectivity index (χ0n) is 21.7. The molecule has 0 radical (unpaired) electrons. The second-order valence-corrected chi connectivity index (χ2v) is 12.9. The topological polar surface area (TPSA) is 99.6 Å². The number of sulfone groups is 1. The summed E-state index contributed by atoms with van der Waals surface area (Å²) < 4.78 is 29.0. The number of aliphatic imine (C=N–C) groups is 1. The highest BCUT2D eigenvalue weighted by Crippen LogP contribution is 2.34. The van der Waals surface area contributed by atoms with Crippen LogP contribution in [0.5, 0.6) is 0 Å². The van der Waals surface area contributed by atoms with Crippen LogP contribution in [0.15, 0.2) is 45.9 Å². The first-order valence-corrected chi connectivity index (χ1v) is 14.3. The molecule has 2 aliphatic heterocycles. The van der Waals surface area contributed by atoms with Gasteiger partial charge < -0.3 is 19.4 Å². The van der Waals surface area contributed by atoms with Gasteiger partial charge in [0.2, 0.25) is 0 Å². The van der Waals surface area contributed by atoms with Crippen LogP contribution in [0.3, 0.4) is 0 Å². The predicted molar refractivity (Wildman–Crippen MR) is 137 cm³/mol. The zero-order valence-corrected chi connectivity index (χ0v) is 22.5. The first-order valence-electron chi connectivity index (χ1n) is 12.4. The summed E-state index contributed by atoms with van der Waals surface area (Å²) in [5, 5.41) is 0. The van der Waals surface area contributed by atoms with Crippen molar-refractivity contribution in [2.75, 3.05) is 26.4 Å². The summed E-state index contributed by atoms with van der Waals surface area (Å²) >= 11 is 0. The van der Waals surface area contributed by atoms with Crippen molar-refractivity contribution in [3.8, 4) is 0 Å². The molecule has 1 atom stereocenters. The van der Waals surface area contributed by atoms with Gasteiger partial charge in [0.05, 0.1) is 10.5 Å². The van der Waals surface area contributed by atoms with E-state index in [4.69, 9.17) is 4.74 Å². The predicted octanol–water partition coefficient (Wildman–Crippen LogP) is 3.38. The second kappa shape index (κ2) is 9.88. The second-order valence-electron chi connectivity index (χ2n) is 10.9. The lowest BCUT2D eigenvalue weighted by Gasteiger charge is -2.39. The van der Waals surface area contributed by atoms with E-state index in [1.165, 1.54) is 6.26 Å². The van der Waals surface area contributed by atoms with Gasteiger partial charge in [-0.2, -0.15) is 0 Å². The summed E-state index contributed by atoms with van der Waals surface area (Å²) in [5.74, 6) is -0.0327. The molecule has 1 aromatic rings. The molecule has 1 unspecified atom stereocenters. The van der Waals surface area contributed by atoms with E-state index in [-0.39, 0.29) is 35.1 Å². The maximum atomic E-state index is 13.6. The van der Waals surface area contributed by atoms with E-state index < -0.39 is 15.4 Å². The standard InChI is InChI=1S/C26H36N4O5S/c1-26(2,3)35-25(32)29-14-12-21(13-15-29)30(20-8-9-20)24(31)19-16-27-23(28(4)17-19)18-6-10-22(11-7-18)36(5,33)34/h6-7,10-11,16-17,20-21,23H,8-9,12-15H2,1-5H3. The Balaban J connectivity index is 1.41. The summed E-state index contributed by atoms with van der Waals surface area (Å²) in [6, 6.07) is 6.98. The van der Waals surface area contributed by atoms with Gasteiger partial charge in [-0.15, -0.1) is 0 Å². The smallest absolute Gasteiger partial charge is 0.410 e. The molecule has 1 aliphatic carbocycles. The Labute approximate surface area is 213 Å². The Hall–Kier alpha value is -2.88. The molecule has 2 heterocycles. The number of rotatable bonds is 5. The molecule has 1 saturated carbocycles.